The average Bonchev–Trinajstić information content (AvgIpc) is 3.12. The molecule has 0 atom stereocenters. The molecule has 0 radical (unpaired) electrons. The van der Waals surface area contributed by atoms with Crippen molar-refractivity contribution in [2.75, 3.05) is 12.1 Å². The van der Waals surface area contributed by atoms with Gasteiger partial charge in [0, 0.05) is 0 Å². The van der Waals surface area contributed by atoms with Crippen molar-refractivity contribution in [3.8, 4) is 11.5 Å². The number of para-hydroxylation sites is 1. The smallest absolute Gasteiger partial charge is 0.280 e. The lowest BCUT2D eigenvalue weighted by Crippen LogP contribution is -2.21. The molecule has 0 aromatic heterocycles. The van der Waals surface area contributed by atoms with Crippen LogP contribution in [0.25, 0.3) is 6.08 Å². The molecule has 0 N–H and O–H groups in total. The zero-order valence-electron chi connectivity index (χ0n) is 18.1. The molecule has 0 fully saturated rings. The highest BCUT2D eigenvalue weighted by molar-refractivity contribution is 6.32. The Kier molecular flexibility index (Phi) is 6.17. The molecule has 0 aliphatic carbocycles. The first kappa shape index (κ1) is 21.8. The van der Waals surface area contributed by atoms with Gasteiger partial charge in [0.2, 0.25) is 0 Å². The van der Waals surface area contributed by atoms with Crippen molar-refractivity contribution in [1.82, 2.24) is 0 Å². The van der Waals surface area contributed by atoms with Crippen molar-refractivity contribution in [2.45, 2.75) is 13.5 Å². The molecule has 1 amide bonds. The third-order valence-electron chi connectivity index (χ3n) is 5.11. The van der Waals surface area contributed by atoms with Gasteiger partial charge in [0.05, 0.1) is 40.6 Å². The standard InChI is InChI=1S/C25H21N3O5/c1-17-21(25(29)27(26-17)20-11-7-4-8-12-20)13-19-14-23(32-2)24(15-22(19)28(30)31)33-16-18-9-5-3-6-10-18/h3-15H,16H2,1-2H3/b21-13-. The Labute approximate surface area is 190 Å². The van der Waals surface area contributed by atoms with E-state index in [4.69, 9.17) is 9.47 Å². The molecule has 1 aliphatic rings. The molecule has 3 aromatic carbocycles. The number of benzene rings is 3. The molecule has 33 heavy (non-hydrogen) atoms. The third kappa shape index (κ3) is 4.59. The van der Waals surface area contributed by atoms with Gasteiger partial charge in [-0.05, 0) is 36.8 Å². The highest BCUT2D eigenvalue weighted by Crippen LogP contribution is 2.37. The number of methoxy groups -OCH3 is 1. The Morgan fingerprint density at radius 3 is 2.33 bits per heavy atom. The number of nitro benzene ring substituents is 1. The number of amides is 1. The van der Waals surface area contributed by atoms with Gasteiger partial charge in [0.25, 0.3) is 11.6 Å². The van der Waals surface area contributed by atoms with E-state index in [-0.39, 0.29) is 35.1 Å². The predicted molar refractivity (Wildman–Crippen MR) is 125 cm³/mol. The Morgan fingerprint density at radius 2 is 1.70 bits per heavy atom. The van der Waals surface area contributed by atoms with E-state index in [2.05, 4.69) is 5.10 Å². The van der Waals surface area contributed by atoms with Crippen LogP contribution in [0.15, 0.2) is 83.5 Å². The lowest BCUT2D eigenvalue weighted by atomic mass is 10.0. The van der Waals surface area contributed by atoms with Crippen molar-refractivity contribution in [1.29, 1.82) is 0 Å². The highest BCUT2D eigenvalue weighted by Gasteiger charge is 2.30. The highest BCUT2D eigenvalue weighted by atomic mass is 16.6. The van der Waals surface area contributed by atoms with E-state index in [0.29, 0.717) is 17.1 Å². The van der Waals surface area contributed by atoms with E-state index in [1.807, 2.05) is 36.4 Å². The molecule has 0 saturated carbocycles. The van der Waals surface area contributed by atoms with Gasteiger partial charge in [0.15, 0.2) is 11.5 Å². The molecule has 166 valence electrons. The first-order valence-electron chi connectivity index (χ1n) is 10.2. The minimum Gasteiger partial charge on any atom is -0.493 e. The van der Waals surface area contributed by atoms with Gasteiger partial charge >= 0.3 is 0 Å². The van der Waals surface area contributed by atoms with E-state index in [0.717, 1.165) is 5.56 Å². The summed E-state index contributed by atoms with van der Waals surface area (Å²) in [7, 11) is 1.46. The van der Waals surface area contributed by atoms with Crippen molar-refractivity contribution in [3.63, 3.8) is 0 Å². The SMILES string of the molecule is COc1cc(/C=C2\C(=O)N(c3ccccc3)N=C2C)c([N+](=O)[O-])cc1OCc1ccccc1. The number of nitro groups is 1. The van der Waals surface area contributed by atoms with Gasteiger partial charge in [-0.3, -0.25) is 14.9 Å². The van der Waals surface area contributed by atoms with Crippen LogP contribution in [0.4, 0.5) is 11.4 Å². The fourth-order valence-corrected chi connectivity index (χ4v) is 3.43. The quantitative estimate of drug-likeness (QED) is 0.291. The summed E-state index contributed by atoms with van der Waals surface area (Å²) in [6.07, 6.45) is 1.46. The lowest BCUT2D eigenvalue weighted by molar-refractivity contribution is -0.385. The third-order valence-corrected chi connectivity index (χ3v) is 5.11. The topological polar surface area (TPSA) is 94.3 Å². The normalized spacial score (nSPS) is 14.4. The second-order valence-corrected chi connectivity index (χ2v) is 7.29. The summed E-state index contributed by atoms with van der Waals surface area (Å²) in [6, 6.07) is 21.2. The number of nitrogens with zero attached hydrogens (tertiary/aromatic N) is 3. The summed E-state index contributed by atoms with van der Waals surface area (Å²) >= 11 is 0. The zero-order valence-corrected chi connectivity index (χ0v) is 18.1. The molecular weight excluding hydrogens is 422 g/mol. The van der Waals surface area contributed by atoms with Gasteiger partial charge in [-0.1, -0.05) is 48.5 Å². The molecule has 1 aliphatic heterocycles. The van der Waals surface area contributed by atoms with Crippen LogP contribution < -0.4 is 14.5 Å². The number of anilines is 1. The van der Waals surface area contributed by atoms with Crippen LogP contribution in [0.2, 0.25) is 0 Å². The summed E-state index contributed by atoms with van der Waals surface area (Å²) in [4.78, 5) is 24.3. The Balaban J connectivity index is 1.68. The first-order chi connectivity index (χ1) is 16.0. The summed E-state index contributed by atoms with van der Waals surface area (Å²) < 4.78 is 11.2. The van der Waals surface area contributed by atoms with Gasteiger partial charge < -0.3 is 9.47 Å². The zero-order chi connectivity index (χ0) is 23.4. The van der Waals surface area contributed by atoms with Crippen LogP contribution in [-0.2, 0) is 11.4 Å². The number of hydrazone groups is 1. The van der Waals surface area contributed by atoms with Gasteiger partial charge in [-0.2, -0.15) is 10.1 Å². The molecule has 3 aromatic rings. The second kappa shape index (κ2) is 9.35. The van der Waals surface area contributed by atoms with Crippen molar-refractivity contribution < 1.29 is 19.2 Å². The molecule has 0 unspecified atom stereocenters. The maximum atomic E-state index is 13.0. The summed E-state index contributed by atoms with van der Waals surface area (Å²) in [5.41, 5.74) is 2.27. The minimum atomic E-state index is -0.512. The van der Waals surface area contributed by atoms with E-state index >= 15 is 0 Å². The number of carbonyl (C=O) groups is 1. The summed E-state index contributed by atoms with van der Waals surface area (Å²) in [5.74, 6) is 0.198. The Hall–Kier alpha value is -4.46. The maximum absolute atomic E-state index is 13.0. The maximum Gasteiger partial charge on any atom is 0.280 e. The van der Waals surface area contributed by atoms with Gasteiger partial charge in [-0.15, -0.1) is 0 Å². The van der Waals surface area contributed by atoms with Crippen LogP contribution in [0.1, 0.15) is 18.1 Å². The molecule has 8 heteroatoms. The van der Waals surface area contributed by atoms with Crippen molar-refractivity contribution >= 4 is 29.1 Å². The molecule has 1 heterocycles. The van der Waals surface area contributed by atoms with Crippen LogP contribution in [0.5, 0.6) is 11.5 Å². The lowest BCUT2D eigenvalue weighted by Gasteiger charge is -2.13. The first-order valence-corrected chi connectivity index (χ1v) is 10.2. The van der Waals surface area contributed by atoms with Crippen molar-refractivity contribution in [2.24, 2.45) is 5.10 Å². The number of ether oxygens (including phenoxy) is 2. The molecular formula is C25H21N3O5. The van der Waals surface area contributed by atoms with E-state index in [9.17, 15) is 14.9 Å². The fourth-order valence-electron chi connectivity index (χ4n) is 3.43. The predicted octanol–water partition coefficient (Wildman–Crippen LogP) is 4.99. The van der Waals surface area contributed by atoms with Crippen molar-refractivity contribution in [3.05, 3.63) is 99.6 Å². The molecule has 0 spiro atoms. The average molecular weight is 443 g/mol. The molecule has 0 saturated heterocycles. The Morgan fingerprint density at radius 1 is 1.03 bits per heavy atom. The number of hydrogen-bond acceptors (Lipinski definition) is 6. The van der Waals surface area contributed by atoms with Crippen LogP contribution in [0.3, 0.4) is 0 Å². The summed E-state index contributed by atoms with van der Waals surface area (Å²) in [5, 5.41) is 17.4. The summed E-state index contributed by atoms with van der Waals surface area (Å²) in [6.45, 7) is 1.91. The van der Waals surface area contributed by atoms with E-state index < -0.39 is 4.92 Å². The molecule has 0 bridgehead atoms. The largest absolute Gasteiger partial charge is 0.493 e. The second-order valence-electron chi connectivity index (χ2n) is 7.29. The van der Waals surface area contributed by atoms with E-state index in [1.165, 1.54) is 30.3 Å². The van der Waals surface area contributed by atoms with Crippen LogP contribution in [0, 0.1) is 10.1 Å². The van der Waals surface area contributed by atoms with E-state index in [1.54, 1.807) is 31.2 Å². The Bertz CT molecular complexity index is 1250. The number of rotatable bonds is 7. The van der Waals surface area contributed by atoms with Crippen LogP contribution >= 0.6 is 0 Å². The molecule has 4 rings (SSSR count). The van der Waals surface area contributed by atoms with Gasteiger partial charge in [0.1, 0.15) is 6.61 Å². The fraction of sp³-hybridized carbons (Fsp3) is 0.120. The molecule has 8 nitrogen and oxygen atoms in total. The van der Waals surface area contributed by atoms with Gasteiger partial charge in [-0.25, -0.2) is 0 Å². The van der Waals surface area contributed by atoms with Crippen LogP contribution in [-0.4, -0.2) is 23.7 Å². The number of hydrogen-bond donors (Lipinski definition) is 0. The minimum absolute atomic E-state index is 0.204. The number of carbonyl (C=O) groups excluding carboxylic acids is 1. The monoisotopic (exact) mass is 443 g/mol.